The van der Waals surface area contributed by atoms with E-state index < -0.39 is 29.7 Å². The Balaban J connectivity index is 1.62. The first kappa shape index (κ1) is 21.8. The van der Waals surface area contributed by atoms with Crippen molar-refractivity contribution in [3.05, 3.63) is 29.3 Å². The Kier molecular flexibility index (Phi) is 7.09. The number of rotatable bonds is 9. The summed E-state index contributed by atoms with van der Waals surface area (Å²) < 4.78 is 0. The third kappa shape index (κ3) is 4.64. The van der Waals surface area contributed by atoms with E-state index in [-0.39, 0.29) is 29.9 Å². The monoisotopic (exact) mass is 432 g/mol. The van der Waals surface area contributed by atoms with Crippen molar-refractivity contribution in [2.45, 2.75) is 38.1 Å². The van der Waals surface area contributed by atoms with E-state index in [1.54, 1.807) is 18.2 Å². The smallest absolute Gasteiger partial charge is 0.264 e. The van der Waals surface area contributed by atoms with Crippen LogP contribution in [0, 0.1) is 0 Å². The van der Waals surface area contributed by atoms with Crippen LogP contribution in [-0.4, -0.2) is 59.3 Å². The Bertz CT molecular complexity index is 888. The highest BCUT2D eigenvalue weighted by atomic mass is 32.1. The first-order chi connectivity index (χ1) is 14.4. The van der Waals surface area contributed by atoms with E-state index in [1.807, 2.05) is 0 Å². The number of thiol groups is 1. The van der Waals surface area contributed by atoms with Crippen molar-refractivity contribution in [1.82, 2.24) is 15.5 Å². The van der Waals surface area contributed by atoms with Crippen LogP contribution >= 0.6 is 12.6 Å². The van der Waals surface area contributed by atoms with Gasteiger partial charge in [-0.05, 0) is 31.4 Å². The van der Waals surface area contributed by atoms with Crippen LogP contribution in [0.15, 0.2) is 18.2 Å². The fourth-order valence-corrected chi connectivity index (χ4v) is 3.69. The molecule has 1 aromatic rings. The zero-order chi connectivity index (χ0) is 21.7. The van der Waals surface area contributed by atoms with Crippen LogP contribution < -0.4 is 16.0 Å². The molecule has 0 aromatic heterocycles. The molecule has 0 spiro atoms. The molecule has 2 heterocycles. The standard InChI is InChI=1S/C20H24N4O5S/c25-15(22-10-11-30)6-1-2-9-21-13-5-3-4-12-17(13)20(29)24(19(12)28)14-7-8-16(26)23-18(14)27/h3-5,14,21,30H,1-2,6-11H2,(H,22,25)(H,23,26,27). The molecule has 160 valence electrons. The van der Waals surface area contributed by atoms with Crippen molar-refractivity contribution in [3.8, 4) is 0 Å². The number of hydrogen-bond acceptors (Lipinski definition) is 7. The molecule has 10 heteroatoms. The number of anilines is 1. The fourth-order valence-electron chi connectivity index (χ4n) is 3.58. The summed E-state index contributed by atoms with van der Waals surface area (Å²) in [6.07, 6.45) is 1.99. The number of carbonyl (C=O) groups is 5. The maximum atomic E-state index is 13.0. The molecule has 3 rings (SSSR count). The van der Waals surface area contributed by atoms with E-state index in [1.165, 1.54) is 0 Å². The lowest BCUT2D eigenvalue weighted by atomic mass is 10.0. The number of amides is 5. The van der Waals surface area contributed by atoms with Gasteiger partial charge < -0.3 is 10.6 Å². The molecule has 0 saturated carbocycles. The van der Waals surface area contributed by atoms with Crippen molar-refractivity contribution in [2.24, 2.45) is 0 Å². The predicted octanol–water partition coefficient (Wildman–Crippen LogP) is 0.716. The lowest BCUT2D eigenvalue weighted by Gasteiger charge is -2.27. The molecular weight excluding hydrogens is 408 g/mol. The van der Waals surface area contributed by atoms with Gasteiger partial charge in [0.25, 0.3) is 11.8 Å². The van der Waals surface area contributed by atoms with Gasteiger partial charge in [0.1, 0.15) is 6.04 Å². The predicted molar refractivity (Wildman–Crippen MR) is 112 cm³/mol. The quantitative estimate of drug-likeness (QED) is 0.259. The topological polar surface area (TPSA) is 125 Å². The molecule has 1 unspecified atom stereocenters. The number of unbranched alkanes of at least 4 members (excludes halogenated alkanes) is 1. The van der Waals surface area contributed by atoms with Crippen LogP contribution in [0.25, 0.3) is 0 Å². The van der Waals surface area contributed by atoms with Gasteiger partial charge in [0.15, 0.2) is 0 Å². The van der Waals surface area contributed by atoms with Crippen LogP contribution in [0.5, 0.6) is 0 Å². The molecule has 1 atom stereocenters. The first-order valence-corrected chi connectivity index (χ1v) is 10.5. The normalized spacial score (nSPS) is 18.3. The Morgan fingerprint density at radius 1 is 1.13 bits per heavy atom. The summed E-state index contributed by atoms with van der Waals surface area (Å²) in [4.78, 5) is 61.8. The van der Waals surface area contributed by atoms with Gasteiger partial charge >= 0.3 is 0 Å². The number of hydrogen-bond donors (Lipinski definition) is 4. The van der Waals surface area contributed by atoms with Crippen molar-refractivity contribution in [1.29, 1.82) is 0 Å². The van der Waals surface area contributed by atoms with E-state index in [9.17, 15) is 24.0 Å². The number of nitrogens with zero attached hydrogens (tertiary/aromatic N) is 1. The van der Waals surface area contributed by atoms with Crippen molar-refractivity contribution in [2.75, 3.05) is 24.2 Å². The van der Waals surface area contributed by atoms with E-state index in [0.717, 1.165) is 4.90 Å². The van der Waals surface area contributed by atoms with Crippen molar-refractivity contribution < 1.29 is 24.0 Å². The van der Waals surface area contributed by atoms with Crippen LogP contribution in [0.3, 0.4) is 0 Å². The molecule has 2 aliphatic heterocycles. The van der Waals surface area contributed by atoms with E-state index >= 15 is 0 Å². The second-order valence-electron chi connectivity index (χ2n) is 7.13. The average molecular weight is 433 g/mol. The summed E-state index contributed by atoms with van der Waals surface area (Å²) in [5, 5.41) is 8.09. The van der Waals surface area contributed by atoms with Gasteiger partial charge in [-0.3, -0.25) is 34.2 Å². The van der Waals surface area contributed by atoms with Gasteiger partial charge in [-0.15, -0.1) is 0 Å². The number of piperidine rings is 1. The second-order valence-corrected chi connectivity index (χ2v) is 7.58. The van der Waals surface area contributed by atoms with Gasteiger partial charge in [0.2, 0.25) is 17.7 Å². The molecule has 1 aromatic carbocycles. The van der Waals surface area contributed by atoms with Gasteiger partial charge in [-0.25, -0.2) is 0 Å². The molecule has 30 heavy (non-hydrogen) atoms. The van der Waals surface area contributed by atoms with Gasteiger partial charge in [-0.1, -0.05) is 6.07 Å². The van der Waals surface area contributed by atoms with Crippen LogP contribution in [-0.2, 0) is 14.4 Å². The number of nitrogens with one attached hydrogen (secondary N) is 3. The molecule has 0 bridgehead atoms. The van der Waals surface area contributed by atoms with Crippen LogP contribution in [0.4, 0.5) is 5.69 Å². The Labute approximate surface area is 179 Å². The molecule has 0 radical (unpaired) electrons. The highest BCUT2D eigenvalue weighted by Crippen LogP contribution is 2.32. The van der Waals surface area contributed by atoms with Crippen LogP contribution in [0.1, 0.15) is 52.8 Å². The molecule has 9 nitrogen and oxygen atoms in total. The van der Waals surface area contributed by atoms with E-state index in [2.05, 4.69) is 28.6 Å². The fraction of sp³-hybridized carbons (Fsp3) is 0.450. The second kappa shape index (κ2) is 9.75. The lowest BCUT2D eigenvalue weighted by molar-refractivity contribution is -0.136. The lowest BCUT2D eigenvalue weighted by Crippen LogP contribution is -2.54. The Morgan fingerprint density at radius 2 is 1.93 bits per heavy atom. The highest BCUT2D eigenvalue weighted by Gasteiger charge is 2.45. The van der Waals surface area contributed by atoms with Crippen molar-refractivity contribution in [3.63, 3.8) is 0 Å². The number of benzene rings is 1. The zero-order valence-electron chi connectivity index (χ0n) is 16.4. The van der Waals surface area contributed by atoms with Gasteiger partial charge in [0, 0.05) is 37.4 Å². The minimum absolute atomic E-state index is 0.0229. The Hall–Kier alpha value is -2.88. The maximum Gasteiger partial charge on any atom is 0.264 e. The van der Waals surface area contributed by atoms with E-state index in [0.29, 0.717) is 43.8 Å². The minimum Gasteiger partial charge on any atom is -0.384 e. The maximum absolute atomic E-state index is 13.0. The first-order valence-electron chi connectivity index (χ1n) is 9.90. The molecular formula is C20H24N4O5S. The van der Waals surface area contributed by atoms with E-state index in [4.69, 9.17) is 0 Å². The minimum atomic E-state index is -0.987. The average Bonchev–Trinajstić information content (AvgIpc) is 2.97. The molecule has 2 aliphatic rings. The zero-order valence-corrected chi connectivity index (χ0v) is 17.3. The summed E-state index contributed by atoms with van der Waals surface area (Å²) in [6, 6.07) is 3.94. The summed E-state index contributed by atoms with van der Waals surface area (Å²) in [7, 11) is 0. The van der Waals surface area contributed by atoms with Crippen molar-refractivity contribution >= 4 is 47.9 Å². The van der Waals surface area contributed by atoms with Crippen LogP contribution in [0.2, 0.25) is 0 Å². The Morgan fingerprint density at radius 3 is 2.67 bits per heavy atom. The molecule has 0 aliphatic carbocycles. The molecule has 5 amide bonds. The SMILES string of the molecule is O=C(CCCCNc1cccc2c1C(=O)N(C1CCC(=O)NC1=O)C2=O)NCCS. The van der Waals surface area contributed by atoms with Gasteiger partial charge in [0.05, 0.1) is 11.1 Å². The number of carbonyl (C=O) groups excluding carboxylic acids is 5. The molecule has 3 N–H and O–H groups in total. The summed E-state index contributed by atoms with van der Waals surface area (Å²) in [6.45, 7) is 1.06. The third-order valence-corrected chi connectivity index (χ3v) is 5.27. The number of imide groups is 2. The third-order valence-electron chi connectivity index (χ3n) is 5.05. The summed E-state index contributed by atoms with van der Waals surface area (Å²) in [5.41, 5.74) is 0.986. The van der Waals surface area contributed by atoms with Gasteiger partial charge in [-0.2, -0.15) is 12.6 Å². The molecule has 1 fully saturated rings. The summed E-state index contributed by atoms with van der Waals surface area (Å²) in [5.74, 6) is -1.55. The molecule has 1 saturated heterocycles. The number of fused-ring (bicyclic) bond motifs is 1. The summed E-state index contributed by atoms with van der Waals surface area (Å²) >= 11 is 4.04. The largest absolute Gasteiger partial charge is 0.384 e. The highest BCUT2D eigenvalue weighted by molar-refractivity contribution is 7.80.